The molecule has 0 radical (unpaired) electrons. The standard InChI is InChI=1S/C24H26F3N5OS/c1-18-28-29-23(32(18)20-8-3-2-4-9-20)34-16-6-11-22(33)31-14-12-30(13-15-31)21-10-5-7-19(17-21)24(25,26)27/h2-5,7-10,17H,6,11-16H2,1H3. The Hall–Kier alpha value is -3.01. The molecular formula is C24H26F3N5OS. The third kappa shape index (κ3) is 5.72. The monoisotopic (exact) mass is 489 g/mol. The van der Waals surface area contributed by atoms with Crippen molar-refractivity contribution in [3.63, 3.8) is 0 Å². The normalized spacial score (nSPS) is 14.5. The number of piperazine rings is 1. The summed E-state index contributed by atoms with van der Waals surface area (Å²) in [5.41, 5.74) is 0.887. The Morgan fingerprint density at radius 1 is 0.971 bits per heavy atom. The van der Waals surface area contributed by atoms with E-state index in [0.717, 1.165) is 28.5 Å². The smallest absolute Gasteiger partial charge is 0.368 e. The first-order valence-electron chi connectivity index (χ1n) is 11.1. The Balaban J connectivity index is 1.24. The van der Waals surface area contributed by atoms with Gasteiger partial charge < -0.3 is 9.80 Å². The molecule has 3 aromatic rings. The van der Waals surface area contributed by atoms with Crippen LogP contribution in [0.25, 0.3) is 5.69 Å². The Morgan fingerprint density at radius 3 is 2.38 bits per heavy atom. The van der Waals surface area contributed by atoms with E-state index < -0.39 is 11.7 Å². The maximum atomic E-state index is 13.0. The van der Waals surface area contributed by atoms with E-state index in [4.69, 9.17) is 0 Å². The Kier molecular flexibility index (Phi) is 7.45. The number of rotatable bonds is 7. The number of carbonyl (C=O) groups is 1. The van der Waals surface area contributed by atoms with E-state index in [1.165, 1.54) is 12.1 Å². The van der Waals surface area contributed by atoms with Gasteiger partial charge in [0.15, 0.2) is 5.16 Å². The lowest BCUT2D eigenvalue weighted by molar-refractivity contribution is -0.137. The van der Waals surface area contributed by atoms with Gasteiger partial charge in [-0.15, -0.1) is 10.2 Å². The molecule has 1 saturated heterocycles. The summed E-state index contributed by atoms with van der Waals surface area (Å²) in [5, 5.41) is 9.24. The third-order valence-corrected chi connectivity index (χ3v) is 6.76. The maximum Gasteiger partial charge on any atom is 0.416 e. The number of halogens is 3. The number of benzene rings is 2. The zero-order valence-corrected chi connectivity index (χ0v) is 19.6. The van der Waals surface area contributed by atoms with E-state index in [0.29, 0.717) is 44.7 Å². The molecule has 6 nitrogen and oxygen atoms in total. The molecule has 1 aromatic heterocycles. The van der Waals surface area contributed by atoms with Crippen LogP contribution in [0, 0.1) is 6.92 Å². The molecule has 1 aliphatic rings. The van der Waals surface area contributed by atoms with E-state index in [1.54, 1.807) is 22.7 Å². The number of anilines is 1. The number of alkyl halides is 3. The lowest BCUT2D eigenvalue weighted by Gasteiger charge is -2.36. The maximum absolute atomic E-state index is 13.0. The summed E-state index contributed by atoms with van der Waals surface area (Å²) in [7, 11) is 0. The fraction of sp³-hybridized carbons (Fsp3) is 0.375. The molecule has 4 rings (SSSR count). The number of para-hydroxylation sites is 1. The largest absolute Gasteiger partial charge is 0.416 e. The molecule has 10 heteroatoms. The SMILES string of the molecule is Cc1nnc(SCCCC(=O)N2CCN(c3cccc(C(F)(F)F)c3)CC2)n1-c1ccccc1. The van der Waals surface area contributed by atoms with Crippen LogP contribution in [0.1, 0.15) is 24.2 Å². The Bertz CT molecular complexity index is 1110. The van der Waals surface area contributed by atoms with Crippen molar-refractivity contribution in [3.8, 4) is 5.69 Å². The molecule has 1 fully saturated rings. The van der Waals surface area contributed by atoms with Gasteiger partial charge >= 0.3 is 6.18 Å². The van der Waals surface area contributed by atoms with Crippen LogP contribution < -0.4 is 4.90 Å². The van der Waals surface area contributed by atoms with Crippen molar-refractivity contribution in [2.24, 2.45) is 0 Å². The number of thioether (sulfide) groups is 1. The van der Waals surface area contributed by atoms with Crippen molar-refractivity contribution in [3.05, 3.63) is 66.0 Å². The van der Waals surface area contributed by atoms with Crippen molar-refractivity contribution >= 4 is 23.4 Å². The first-order chi connectivity index (χ1) is 16.3. The van der Waals surface area contributed by atoms with Crippen LogP contribution in [-0.4, -0.2) is 57.5 Å². The summed E-state index contributed by atoms with van der Waals surface area (Å²) in [4.78, 5) is 16.3. The van der Waals surface area contributed by atoms with Gasteiger partial charge in [-0.3, -0.25) is 9.36 Å². The van der Waals surface area contributed by atoms with Gasteiger partial charge in [-0.1, -0.05) is 36.0 Å². The summed E-state index contributed by atoms with van der Waals surface area (Å²) < 4.78 is 41.0. The second kappa shape index (κ2) is 10.5. The fourth-order valence-corrected chi connectivity index (χ4v) is 4.89. The van der Waals surface area contributed by atoms with Crippen molar-refractivity contribution in [1.29, 1.82) is 0 Å². The second-order valence-corrected chi connectivity index (χ2v) is 9.13. The predicted octanol–water partition coefficient (Wildman–Crippen LogP) is 4.82. The summed E-state index contributed by atoms with van der Waals surface area (Å²) in [5.74, 6) is 1.62. The first kappa shape index (κ1) is 24.1. The van der Waals surface area contributed by atoms with Crippen molar-refractivity contribution in [2.45, 2.75) is 31.1 Å². The fourth-order valence-electron chi connectivity index (χ4n) is 3.95. The highest BCUT2D eigenvalue weighted by Gasteiger charge is 2.31. The van der Waals surface area contributed by atoms with Crippen molar-refractivity contribution in [1.82, 2.24) is 19.7 Å². The average molecular weight is 490 g/mol. The number of amides is 1. The molecule has 0 aliphatic carbocycles. The first-order valence-corrected chi connectivity index (χ1v) is 12.1. The zero-order valence-electron chi connectivity index (χ0n) is 18.8. The summed E-state index contributed by atoms with van der Waals surface area (Å²) in [6, 6.07) is 15.2. The number of aromatic nitrogens is 3. The van der Waals surface area contributed by atoms with E-state index in [-0.39, 0.29) is 5.91 Å². The third-order valence-electron chi connectivity index (χ3n) is 5.75. The van der Waals surface area contributed by atoms with Gasteiger partial charge in [0.05, 0.1) is 5.56 Å². The van der Waals surface area contributed by atoms with Crippen LogP contribution in [0.3, 0.4) is 0 Å². The highest BCUT2D eigenvalue weighted by atomic mass is 32.2. The zero-order chi connectivity index (χ0) is 24.1. The summed E-state index contributed by atoms with van der Waals surface area (Å²) in [6.07, 6.45) is -3.23. The lowest BCUT2D eigenvalue weighted by Crippen LogP contribution is -2.48. The minimum Gasteiger partial charge on any atom is -0.368 e. The molecule has 0 unspecified atom stereocenters. The van der Waals surface area contributed by atoms with E-state index in [2.05, 4.69) is 10.2 Å². The molecule has 180 valence electrons. The molecule has 2 heterocycles. The number of nitrogens with zero attached hydrogens (tertiary/aromatic N) is 5. The topological polar surface area (TPSA) is 54.3 Å². The van der Waals surface area contributed by atoms with Crippen LogP contribution in [-0.2, 0) is 11.0 Å². The molecule has 0 atom stereocenters. The predicted molar refractivity (Wildman–Crippen MR) is 126 cm³/mol. The van der Waals surface area contributed by atoms with Gasteiger partial charge in [0, 0.05) is 49.7 Å². The van der Waals surface area contributed by atoms with Gasteiger partial charge in [-0.25, -0.2) is 0 Å². The van der Waals surface area contributed by atoms with Crippen LogP contribution in [0.5, 0.6) is 0 Å². The van der Waals surface area contributed by atoms with Crippen molar-refractivity contribution in [2.75, 3.05) is 36.8 Å². The van der Waals surface area contributed by atoms with Gasteiger partial charge in [0.2, 0.25) is 5.91 Å². The molecule has 2 aromatic carbocycles. The Labute approximate surface area is 200 Å². The lowest BCUT2D eigenvalue weighted by atomic mass is 10.1. The van der Waals surface area contributed by atoms with Crippen LogP contribution in [0.4, 0.5) is 18.9 Å². The molecule has 1 aliphatic heterocycles. The number of hydrogen-bond donors (Lipinski definition) is 0. The minimum absolute atomic E-state index is 0.0741. The summed E-state index contributed by atoms with van der Waals surface area (Å²) >= 11 is 1.57. The van der Waals surface area contributed by atoms with Gasteiger partial charge in [0.1, 0.15) is 5.82 Å². The van der Waals surface area contributed by atoms with E-state index in [9.17, 15) is 18.0 Å². The van der Waals surface area contributed by atoms with E-state index in [1.807, 2.05) is 46.7 Å². The molecule has 0 N–H and O–H groups in total. The van der Waals surface area contributed by atoms with E-state index >= 15 is 0 Å². The molecule has 0 saturated carbocycles. The van der Waals surface area contributed by atoms with Crippen LogP contribution >= 0.6 is 11.8 Å². The Morgan fingerprint density at radius 2 is 1.68 bits per heavy atom. The molecule has 1 amide bonds. The molecule has 0 bridgehead atoms. The van der Waals surface area contributed by atoms with Crippen LogP contribution in [0.15, 0.2) is 59.8 Å². The van der Waals surface area contributed by atoms with Crippen molar-refractivity contribution < 1.29 is 18.0 Å². The average Bonchev–Trinajstić information content (AvgIpc) is 3.22. The molecule has 34 heavy (non-hydrogen) atoms. The van der Waals surface area contributed by atoms with Gasteiger partial charge in [-0.2, -0.15) is 13.2 Å². The second-order valence-electron chi connectivity index (χ2n) is 8.07. The molecular weight excluding hydrogens is 463 g/mol. The number of hydrogen-bond acceptors (Lipinski definition) is 5. The minimum atomic E-state index is -4.36. The van der Waals surface area contributed by atoms with Gasteiger partial charge in [0.25, 0.3) is 0 Å². The van der Waals surface area contributed by atoms with Gasteiger partial charge in [-0.05, 0) is 43.7 Å². The summed E-state index contributed by atoms with van der Waals surface area (Å²) in [6.45, 7) is 3.95. The number of aryl methyl sites for hydroxylation is 1. The van der Waals surface area contributed by atoms with Crippen LogP contribution in [0.2, 0.25) is 0 Å². The molecule has 0 spiro atoms. The number of carbonyl (C=O) groups excluding carboxylic acids is 1. The highest BCUT2D eigenvalue weighted by molar-refractivity contribution is 7.99. The quantitative estimate of drug-likeness (QED) is 0.352. The highest BCUT2D eigenvalue weighted by Crippen LogP contribution is 2.32.